The zero-order chi connectivity index (χ0) is 17.2. The van der Waals surface area contributed by atoms with Crippen molar-refractivity contribution in [1.29, 1.82) is 0 Å². The van der Waals surface area contributed by atoms with E-state index in [0.717, 1.165) is 36.3 Å². The number of rotatable bonds is 4. The van der Waals surface area contributed by atoms with Gasteiger partial charge in [-0.05, 0) is 30.9 Å². The van der Waals surface area contributed by atoms with Gasteiger partial charge in [0.2, 0.25) is 11.8 Å². The molecular formula is C18H21N3O3S. The van der Waals surface area contributed by atoms with Crippen LogP contribution in [-0.2, 0) is 14.3 Å². The van der Waals surface area contributed by atoms with Gasteiger partial charge in [0.15, 0.2) is 5.13 Å². The maximum atomic E-state index is 12.4. The molecule has 0 radical (unpaired) electrons. The number of fused-ring (bicyclic) bond motifs is 1. The fourth-order valence-electron chi connectivity index (χ4n) is 3.38. The third kappa shape index (κ3) is 3.52. The molecule has 2 saturated heterocycles. The van der Waals surface area contributed by atoms with E-state index in [1.54, 1.807) is 4.90 Å². The smallest absolute Gasteiger partial charge is 0.229 e. The first kappa shape index (κ1) is 16.5. The number of thiazole rings is 1. The molecule has 2 fully saturated rings. The van der Waals surface area contributed by atoms with Crippen molar-refractivity contribution in [2.24, 2.45) is 11.8 Å². The van der Waals surface area contributed by atoms with Gasteiger partial charge < -0.3 is 10.1 Å². The van der Waals surface area contributed by atoms with Crippen LogP contribution in [-0.4, -0.2) is 43.1 Å². The second-order valence-electron chi connectivity index (χ2n) is 6.67. The monoisotopic (exact) mass is 359 g/mol. The number of hydrogen-bond donors (Lipinski definition) is 1. The predicted molar refractivity (Wildman–Crippen MR) is 96.6 cm³/mol. The Morgan fingerprint density at radius 1 is 1.32 bits per heavy atom. The number of para-hydroxylation sites is 1. The summed E-state index contributed by atoms with van der Waals surface area (Å²) in [5, 5.41) is 3.71. The van der Waals surface area contributed by atoms with Gasteiger partial charge in [-0.15, -0.1) is 0 Å². The molecule has 7 heteroatoms. The van der Waals surface area contributed by atoms with Gasteiger partial charge in [0.25, 0.3) is 0 Å². The molecule has 2 aliphatic heterocycles. The summed E-state index contributed by atoms with van der Waals surface area (Å²) in [5.74, 6) is 0.142. The average Bonchev–Trinajstić information content (AvgIpc) is 3.23. The number of aromatic nitrogens is 1. The number of benzene rings is 1. The highest BCUT2D eigenvalue weighted by molar-refractivity contribution is 7.22. The third-order valence-electron chi connectivity index (χ3n) is 4.92. The van der Waals surface area contributed by atoms with Crippen LogP contribution < -0.4 is 10.2 Å². The molecule has 0 spiro atoms. The van der Waals surface area contributed by atoms with E-state index >= 15 is 0 Å². The maximum absolute atomic E-state index is 12.4. The van der Waals surface area contributed by atoms with Crippen molar-refractivity contribution < 1.29 is 14.3 Å². The highest BCUT2D eigenvalue weighted by Gasteiger charge is 2.36. The molecule has 6 nitrogen and oxygen atoms in total. The van der Waals surface area contributed by atoms with Crippen molar-refractivity contribution in [3.8, 4) is 0 Å². The summed E-state index contributed by atoms with van der Waals surface area (Å²) in [6, 6.07) is 7.83. The second-order valence-corrected chi connectivity index (χ2v) is 7.68. The predicted octanol–water partition coefficient (Wildman–Crippen LogP) is 2.19. The molecule has 1 atom stereocenters. The van der Waals surface area contributed by atoms with E-state index in [9.17, 15) is 9.59 Å². The lowest BCUT2D eigenvalue weighted by molar-refractivity contribution is -0.126. The summed E-state index contributed by atoms with van der Waals surface area (Å²) in [5.41, 5.74) is 0.891. The number of nitrogens with zero attached hydrogens (tertiary/aromatic N) is 2. The van der Waals surface area contributed by atoms with Gasteiger partial charge in [-0.25, -0.2) is 4.98 Å². The largest absolute Gasteiger partial charge is 0.381 e. The Bertz CT molecular complexity index is 752. The van der Waals surface area contributed by atoms with Crippen molar-refractivity contribution in [2.75, 3.05) is 31.2 Å². The van der Waals surface area contributed by atoms with Crippen LogP contribution in [0.4, 0.5) is 5.13 Å². The van der Waals surface area contributed by atoms with Crippen LogP contribution in [0.5, 0.6) is 0 Å². The van der Waals surface area contributed by atoms with Crippen molar-refractivity contribution in [2.45, 2.75) is 19.3 Å². The number of amides is 2. The molecule has 2 aliphatic rings. The zero-order valence-corrected chi connectivity index (χ0v) is 14.8. The minimum atomic E-state index is -0.292. The van der Waals surface area contributed by atoms with Crippen molar-refractivity contribution in [1.82, 2.24) is 10.3 Å². The molecule has 1 aromatic carbocycles. The number of hydrogen-bond acceptors (Lipinski definition) is 5. The molecule has 0 aliphatic carbocycles. The summed E-state index contributed by atoms with van der Waals surface area (Å²) in [7, 11) is 0. The molecule has 2 amide bonds. The fraction of sp³-hybridized carbons (Fsp3) is 0.500. The van der Waals surface area contributed by atoms with Crippen LogP contribution in [0.1, 0.15) is 19.3 Å². The van der Waals surface area contributed by atoms with Gasteiger partial charge in [-0.2, -0.15) is 0 Å². The summed E-state index contributed by atoms with van der Waals surface area (Å²) < 4.78 is 6.39. The van der Waals surface area contributed by atoms with Crippen molar-refractivity contribution >= 4 is 38.5 Å². The second kappa shape index (κ2) is 7.09. The van der Waals surface area contributed by atoms with Crippen LogP contribution in [0.25, 0.3) is 10.2 Å². The van der Waals surface area contributed by atoms with E-state index in [2.05, 4.69) is 10.3 Å². The Morgan fingerprint density at radius 2 is 2.12 bits per heavy atom. The van der Waals surface area contributed by atoms with Crippen LogP contribution in [0.2, 0.25) is 0 Å². The minimum absolute atomic E-state index is 0.0229. The number of ether oxygens (including phenoxy) is 1. The summed E-state index contributed by atoms with van der Waals surface area (Å²) >= 11 is 1.50. The first-order chi connectivity index (χ1) is 12.2. The Morgan fingerprint density at radius 3 is 2.92 bits per heavy atom. The standard InChI is InChI=1S/C18H21N3O3S/c22-16-9-13(17(23)19-10-12-5-7-24-8-6-12)11-21(16)18-20-14-3-1-2-4-15(14)25-18/h1-4,12-13H,5-11H2,(H,19,23). The van der Waals surface area contributed by atoms with Gasteiger partial charge in [0.1, 0.15) is 0 Å². The highest BCUT2D eigenvalue weighted by Crippen LogP contribution is 2.32. The van der Waals surface area contributed by atoms with E-state index in [4.69, 9.17) is 4.74 Å². The number of nitrogens with one attached hydrogen (secondary N) is 1. The Kier molecular flexibility index (Phi) is 4.67. The molecule has 1 N–H and O–H groups in total. The molecule has 25 heavy (non-hydrogen) atoms. The molecular weight excluding hydrogens is 338 g/mol. The first-order valence-corrected chi connectivity index (χ1v) is 9.54. The summed E-state index contributed by atoms with van der Waals surface area (Å²) in [6.45, 7) is 2.63. The Balaban J connectivity index is 1.38. The van der Waals surface area contributed by atoms with E-state index in [1.807, 2.05) is 24.3 Å². The molecule has 3 heterocycles. The number of carbonyl (C=O) groups excluding carboxylic acids is 2. The highest BCUT2D eigenvalue weighted by atomic mass is 32.1. The van der Waals surface area contributed by atoms with Crippen LogP contribution in [0, 0.1) is 11.8 Å². The van der Waals surface area contributed by atoms with Gasteiger partial charge in [0.05, 0.1) is 16.1 Å². The SMILES string of the molecule is O=C(NCC1CCOCC1)C1CC(=O)N(c2nc3ccccc3s2)C1. The van der Waals surface area contributed by atoms with Crippen molar-refractivity contribution in [3.05, 3.63) is 24.3 Å². The van der Waals surface area contributed by atoms with E-state index < -0.39 is 0 Å². The van der Waals surface area contributed by atoms with E-state index in [-0.39, 0.29) is 24.2 Å². The molecule has 2 aromatic rings. The minimum Gasteiger partial charge on any atom is -0.381 e. The lowest BCUT2D eigenvalue weighted by Gasteiger charge is -2.22. The molecule has 1 aromatic heterocycles. The number of carbonyl (C=O) groups is 2. The fourth-order valence-corrected chi connectivity index (χ4v) is 4.38. The first-order valence-electron chi connectivity index (χ1n) is 8.72. The maximum Gasteiger partial charge on any atom is 0.229 e. The van der Waals surface area contributed by atoms with Gasteiger partial charge >= 0.3 is 0 Å². The normalized spacial score (nSPS) is 21.8. The molecule has 4 rings (SSSR count). The quantitative estimate of drug-likeness (QED) is 0.908. The summed E-state index contributed by atoms with van der Waals surface area (Å²) in [6.07, 6.45) is 2.24. The third-order valence-corrected chi connectivity index (χ3v) is 5.97. The molecule has 1 unspecified atom stereocenters. The van der Waals surface area contributed by atoms with Gasteiger partial charge in [0, 0.05) is 32.7 Å². The van der Waals surface area contributed by atoms with Gasteiger partial charge in [-0.3, -0.25) is 14.5 Å². The van der Waals surface area contributed by atoms with Crippen LogP contribution in [0.15, 0.2) is 24.3 Å². The lowest BCUT2D eigenvalue weighted by Crippen LogP contribution is -2.37. The lowest BCUT2D eigenvalue weighted by atomic mass is 10.00. The Labute approximate surface area is 150 Å². The van der Waals surface area contributed by atoms with Gasteiger partial charge in [-0.1, -0.05) is 23.5 Å². The van der Waals surface area contributed by atoms with E-state index in [1.165, 1.54) is 11.3 Å². The van der Waals surface area contributed by atoms with Crippen LogP contribution >= 0.6 is 11.3 Å². The summed E-state index contributed by atoms with van der Waals surface area (Å²) in [4.78, 5) is 31.0. The molecule has 0 saturated carbocycles. The Hall–Kier alpha value is -1.99. The average molecular weight is 359 g/mol. The molecule has 132 valence electrons. The van der Waals surface area contributed by atoms with Crippen molar-refractivity contribution in [3.63, 3.8) is 0 Å². The van der Waals surface area contributed by atoms with Crippen LogP contribution in [0.3, 0.4) is 0 Å². The number of anilines is 1. The zero-order valence-electron chi connectivity index (χ0n) is 13.9. The topological polar surface area (TPSA) is 71.5 Å². The molecule has 0 bridgehead atoms. The van der Waals surface area contributed by atoms with E-state index in [0.29, 0.717) is 24.1 Å².